The number of hydrogen-bond donors (Lipinski definition) is 0. The van der Waals surface area contributed by atoms with Gasteiger partial charge in [-0.05, 0) is 49.6 Å². The normalized spacial score (nSPS) is 11.9. The first-order valence-electron chi connectivity index (χ1n) is 9.62. The molecule has 2 aromatic heterocycles. The highest BCUT2D eigenvalue weighted by Crippen LogP contribution is 2.24. The SMILES string of the molecule is Cc1ccc(N=c2scc(-c3ccc(Br)cc3)n2CCCn2ccnc2)c(C)c1. The number of aromatic nitrogens is 3. The van der Waals surface area contributed by atoms with E-state index >= 15 is 0 Å². The van der Waals surface area contributed by atoms with Crippen LogP contribution in [0, 0.1) is 13.8 Å². The number of imidazole rings is 1. The summed E-state index contributed by atoms with van der Waals surface area (Å²) >= 11 is 5.23. The number of rotatable bonds is 6. The summed E-state index contributed by atoms with van der Waals surface area (Å²) in [4.78, 5) is 10.2. The minimum absolute atomic E-state index is 0.900. The molecule has 2 heterocycles. The third-order valence-corrected chi connectivity index (χ3v) is 6.26. The van der Waals surface area contributed by atoms with Gasteiger partial charge in [0, 0.05) is 35.3 Å². The average molecular weight is 467 g/mol. The Labute approximate surface area is 183 Å². The van der Waals surface area contributed by atoms with Gasteiger partial charge < -0.3 is 9.13 Å². The topological polar surface area (TPSA) is 35.1 Å². The first-order chi connectivity index (χ1) is 14.1. The molecule has 2 aromatic carbocycles. The van der Waals surface area contributed by atoms with Crippen LogP contribution in [0.25, 0.3) is 11.3 Å². The van der Waals surface area contributed by atoms with Gasteiger partial charge >= 0.3 is 0 Å². The van der Waals surface area contributed by atoms with E-state index in [0.717, 1.165) is 34.5 Å². The number of hydrogen-bond acceptors (Lipinski definition) is 3. The molecule has 0 spiro atoms. The molecule has 0 radical (unpaired) electrons. The molecule has 0 N–H and O–H groups in total. The van der Waals surface area contributed by atoms with Gasteiger partial charge in [0.05, 0.1) is 17.7 Å². The maximum Gasteiger partial charge on any atom is 0.190 e. The van der Waals surface area contributed by atoms with Crippen LogP contribution < -0.4 is 4.80 Å². The Morgan fingerprint density at radius 3 is 2.62 bits per heavy atom. The summed E-state index contributed by atoms with van der Waals surface area (Å²) in [5, 5.41) is 2.21. The first kappa shape index (κ1) is 19.9. The predicted molar refractivity (Wildman–Crippen MR) is 123 cm³/mol. The third kappa shape index (κ3) is 4.77. The lowest BCUT2D eigenvalue weighted by atomic mass is 10.1. The molecule has 0 aliphatic carbocycles. The van der Waals surface area contributed by atoms with E-state index in [1.807, 2.05) is 18.7 Å². The second-order valence-electron chi connectivity index (χ2n) is 7.12. The second-order valence-corrected chi connectivity index (χ2v) is 8.87. The van der Waals surface area contributed by atoms with E-state index in [1.165, 1.54) is 22.4 Å². The van der Waals surface area contributed by atoms with Gasteiger partial charge in [-0.25, -0.2) is 9.98 Å². The summed E-state index contributed by atoms with van der Waals surface area (Å²) < 4.78 is 5.54. The Balaban J connectivity index is 1.71. The molecule has 29 heavy (non-hydrogen) atoms. The van der Waals surface area contributed by atoms with Crippen LogP contribution in [0.1, 0.15) is 17.5 Å². The van der Waals surface area contributed by atoms with E-state index < -0.39 is 0 Å². The zero-order chi connectivity index (χ0) is 20.2. The molecular weight excluding hydrogens is 444 g/mol. The molecular formula is C23H23BrN4S. The Kier molecular flexibility index (Phi) is 6.11. The van der Waals surface area contributed by atoms with Crippen molar-refractivity contribution in [2.75, 3.05) is 0 Å². The summed E-state index contributed by atoms with van der Waals surface area (Å²) in [6.07, 6.45) is 6.71. The van der Waals surface area contributed by atoms with Crippen molar-refractivity contribution in [2.45, 2.75) is 33.4 Å². The van der Waals surface area contributed by atoms with Crippen molar-refractivity contribution in [1.82, 2.24) is 14.1 Å². The average Bonchev–Trinajstić information content (AvgIpc) is 3.35. The predicted octanol–water partition coefficient (Wildman–Crippen LogP) is 6.12. The molecule has 0 unspecified atom stereocenters. The number of nitrogens with zero attached hydrogens (tertiary/aromatic N) is 4. The molecule has 4 rings (SSSR count). The van der Waals surface area contributed by atoms with Crippen molar-refractivity contribution in [2.24, 2.45) is 4.99 Å². The maximum absolute atomic E-state index is 5.01. The minimum atomic E-state index is 0.900. The molecule has 0 saturated carbocycles. The molecule has 0 saturated heterocycles. The van der Waals surface area contributed by atoms with Gasteiger partial charge in [-0.3, -0.25) is 0 Å². The lowest BCUT2D eigenvalue weighted by Crippen LogP contribution is -2.17. The van der Waals surface area contributed by atoms with Crippen molar-refractivity contribution in [3.05, 3.63) is 87.0 Å². The van der Waals surface area contributed by atoms with Gasteiger partial charge in [0.2, 0.25) is 0 Å². The van der Waals surface area contributed by atoms with E-state index in [4.69, 9.17) is 4.99 Å². The lowest BCUT2D eigenvalue weighted by Gasteiger charge is -2.10. The van der Waals surface area contributed by atoms with Gasteiger partial charge in [-0.1, -0.05) is 45.8 Å². The van der Waals surface area contributed by atoms with Gasteiger partial charge in [0.1, 0.15) is 0 Å². The van der Waals surface area contributed by atoms with Gasteiger partial charge in [-0.2, -0.15) is 0 Å². The highest BCUT2D eigenvalue weighted by atomic mass is 79.9. The van der Waals surface area contributed by atoms with Crippen LogP contribution in [-0.4, -0.2) is 14.1 Å². The number of benzene rings is 2. The van der Waals surface area contributed by atoms with Gasteiger partial charge in [0.15, 0.2) is 4.80 Å². The van der Waals surface area contributed by atoms with Crippen LogP contribution in [0.15, 0.2) is 76.0 Å². The van der Waals surface area contributed by atoms with Gasteiger partial charge in [0.25, 0.3) is 0 Å². The van der Waals surface area contributed by atoms with Crippen LogP contribution in [0.2, 0.25) is 0 Å². The molecule has 148 valence electrons. The molecule has 6 heteroatoms. The fraction of sp³-hybridized carbons (Fsp3) is 0.217. The van der Waals surface area contributed by atoms with Gasteiger partial charge in [-0.15, -0.1) is 11.3 Å². The molecule has 0 atom stereocenters. The number of thiazole rings is 1. The summed E-state index contributed by atoms with van der Waals surface area (Å²) in [6.45, 7) is 6.07. The highest BCUT2D eigenvalue weighted by Gasteiger charge is 2.09. The Hall–Kier alpha value is -2.44. The fourth-order valence-electron chi connectivity index (χ4n) is 3.35. The van der Waals surface area contributed by atoms with E-state index in [-0.39, 0.29) is 0 Å². The molecule has 4 nitrogen and oxygen atoms in total. The van der Waals surface area contributed by atoms with E-state index in [1.54, 1.807) is 11.3 Å². The van der Waals surface area contributed by atoms with E-state index in [2.05, 4.69) is 91.7 Å². The van der Waals surface area contributed by atoms with Crippen molar-refractivity contribution >= 4 is 33.0 Å². The lowest BCUT2D eigenvalue weighted by molar-refractivity contribution is 0.559. The first-order valence-corrected chi connectivity index (χ1v) is 11.3. The van der Waals surface area contributed by atoms with Crippen LogP contribution >= 0.6 is 27.3 Å². The standard InChI is InChI=1S/C23H23BrN4S/c1-17-4-9-21(18(2)14-17)26-23-28(12-3-11-27-13-10-25-16-27)22(15-29-23)19-5-7-20(24)8-6-19/h4-10,13-16H,3,11-12H2,1-2H3. The monoisotopic (exact) mass is 466 g/mol. The minimum Gasteiger partial charge on any atom is -0.337 e. The van der Waals surface area contributed by atoms with Crippen LogP contribution in [-0.2, 0) is 13.1 Å². The van der Waals surface area contributed by atoms with E-state index in [0.29, 0.717) is 0 Å². The van der Waals surface area contributed by atoms with Crippen LogP contribution in [0.3, 0.4) is 0 Å². The Morgan fingerprint density at radius 2 is 1.90 bits per heavy atom. The smallest absolute Gasteiger partial charge is 0.190 e. The molecule has 4 aromatic rings. The Morgan fingerprint density at radius 1 is 1.07 bits per heavy atom. The largest absolute Gasteiger partial charge is 0.337 e. The summed E-state index contributed by atoms with van der Waals surface area (Å²) in [5.41, 5.74) is 5.90. The molecule has 0 aliphatic heterocycles. The maximum atomic E-state index is 5.01. The van der Waals surface area contributed by atoms with Crippen LogP contribution in [0.4, 0.5) is 5.69 Å². The zero-order valence-electron chi connectivity index (χ0n) is 16.5. The van der Waals surface area contributed by atoms with Crippen molar-refractivity contribution in [3.63, 3.8) is 0 Å². The quantitative estimate of drug-likeness (QED) is 0.337. The van der Waals surface area contributed by atoms with Crippen molar-refractivity contribution in [1.29, 1.82) is 0 Å². The summed E-state index contributed by atoms with van der Waals surface area (Å²) in [5.74, 6) is 0. The number of aryl methyl sites for hydroxylation is 3. The highest BCUT2D eigenvalue weighted by molar-refractivity contribution is 9.10. The van der Waals surface area contributed by atoms with Crippen molar-refractivity contribution < 1.29 is 0 Å². The van der Waals surface area contributed by atoms with E-state index in [9.17, 15) is 0 Å². The van der Waals surface area contributed by atoms with Crippen LogP contribution in [0.5, 0.6) is 0 Å². The summed E-state index contributed by atoms with van der Waals surface area (Å²) in [6, 6.07) is 14.9. The molecule has 0 fully saturated rings. The second kappa shape index (κ2) is 8.93. The summed E-state index contributed by atoms with van der Waals surface area (Å²) in [7, 11) is 0. The molecule has 0 bridgehead atoms. The Bertz CT molecular complexity index is 1150. The zero-order valence-corrected chi connectivity index (χ0v) is 18.9. The molecule has 0 amide bonds. The number of halogens is 1. The fourth-order valence-corrected chi connectivity index (χ4v) is 4.56. The molecule has 0 aliphatic rings. The van der Waals surface area contributed by atoms with Crippen molar-refractivity contribution in [3.8, 4) is 11.3 Å². The third-order valence-electron chi connectivity index (χ3n) is 4.86.